The van der Waals surface area contributed by atoms with Crippen molar-refractivity contribution in [1.82, 2.24) is 24.6 Å². The highest BCUT2D eigenvalue weighted by molar-refractivity contribution is 7.90. The van der Waals surface area contributed by atoms with Gasteiger partial charge >= 0.3 is 6.09 Å². The third kappa shape index (κ3) is 4.81. The lowest BCUT2D eigenvalue weighted by Gasteiger charge is -2.32. The summed E-state index contributed by atoms with van der Waals surface area (Å²) < 4.78 is 45.1. The molecule has 1 aliphatic rings. The van der Waals surface area contributed by atoms with E-state index in [2.05, 4.69) is 20.4 Å². The Balaban J connectivity index is 1.58. The summed E-state index contributed by atoms with van der Waals surface area (Å²) in [5.41, 5.74) is 1.37. The largest absolute Gasteiger partial charge is 0.447 e. The summed E-state index contributed by atoms with van der Waals surface area (Å²) in [5, 5.41) is 8.27. The van der Waals surface area contributed by atoms with Gasteiger partial charge in [0.05, 0.1) is 33.8 Å². The Morgan fingerprint density at radius 3 is 2.56 bits per heavy atom. The highest BCUT2D eigenvalue weighted by Crippen LogP contribution is 2.32. The Morgan fingerprint density at radius 1 is 1.24 bits per heavy atom. The van der Waals surface area contributed by atoms with Crippen molar-refractivity contribution in [2.45, 2.75) is 50.7 Å². The highest BCUT2D eigenvalue weighted by atomic mass is 32.2. The van der Waals surface area contributed by atoms with E-state index in [9.17, 15) is 17.6 Å². The molecule has 2 aromatic heterocycles. The van der Waals surface area contributed by atoms with Crippen molar-refractivity contribution in [3.05, 3.63) is 36.0 Å². The van der Waals surface area contributed by atoms with Crippen molar-refractivity contribution in [3.63, 3.8) is 0 Å². The van der Waals surface area contributed by atoms with Crippen LogP contribution in [0.4, 0.5) is 20.7 Å². The number of sulfone groups is 1. The van der Waals surface area contributed by atoms with E-state index < -0.39 is 15.7 Å². The Hall–Kier alpha value is -3.28. The number of amides is 1. The predicted molar refractivity (Wildman–Crippen MR) is 124 cm³/mol. The number of aryl methyl sites for hydroxylation is 1. The van der Waals surface area contributed by atoms with Crippen molar-refractivity contribution < 1.29 is 22.3 Å². The van der Waals surface area contributed by atoms with E-state index in [0.29, 0.717) is 48.5 Å². The molecule has 0 bridgehead atoms. The molecule has 0 saturated carbocycles. The van der Waals surface area contributed by atoms with E-state index in [1.54, 1.807) is 4.90 Å². The van der Waals surface area contributed by atoms with Gasteiger partial charge in [0.2, 0.25) is 0 Å². The molecule has 1 fully saturated rings. The first-order valence-corrected chi connectivity index (χ1v) is 12.9. The molecule has 1 aliphatic heterocycles. The number of piperidine rings is 1. The topological polar surface area (TPSA) is 119 Å². The summed E-state index contributed by atoms with van der Waals surface area (Å²) in [6, 6.07) is 3.72. The van der Waals surface area contributed by atoms with Crippen LogP contribution in [0, 0.1) is 12.7 Å². The number of aromatic nitrogens is 4. The monoisotopic (exact) mass is 490 g/mol. The minimum atomic E-state index is -3.52. The zero-order valence-corrected chi connectivity index (χ0v) is 20.3. The number of fused-ring (bicyclic) bond motifs is 1. The number of likely N-dealkylation sites (tertiary alicyclic amines) is 1. The number of hydrogen-bond acceptors (Lipinski definition) is 8. The van der Waals surface area contributed by atoms with Gasteiger partial charge in [0, 0.05) is 19.3 Å². The molecule has 4 rings (SSSR count). The molecule has 3 aromatic rings. The van der Waals surface area contributed by atoms with E-state index in [0.717, 1.165) is 12.3 Å². The molecule has 0 aliphatic carbocycles. The molecule has 1 N–H and O–H groups in total. The van der Waals surface area contributed by atoms with Crippen LogP contribution in [-0.4, -0.2) is 64.6 Å². The minimum absolute atomic E-state index is 0.0350. The maximum Gasteiger partial charge on any atom is 0.410 e. The van der Waals surface area contributed by atoms with E-state index in [1.807, 2.05) is 25.5 Å². The summed E-state index contributed by atoms with van der Waals surface area (Å²) in [7, 11) is -3.52. The molecule has 0 unspecified atom stereocenters. The number of ether oxygens (including phenoxy) is 1. The molecule has 0 radical (unpaired) electrons. The van der Waals surface area contributed by atoms with Crippen LogP contribution in [0.2, 0.25) is 0 Å². The van der Waals surface area contributed by atoms with Gasteiger partial charge in [0.15, 0.2) is 15.5 Å². The van der Waals surface area contributed by atoms with Gasteiger partial charge in [0.1, 0.15) is 18.0 Å². The van der Waals surface area contributed by atoms with Crippen molar-refractivity contribution in [2.24, 2.45) is 0 Å². The quantitative estimate of drug-likeness (QED) is 0.576. The maximum atomic E-state index is 14.6. The molecule has 10 nitrogen and oxygen atoms in total. The third-order valence-corrected chi connectivity index (χ3v) is 6.80. The van der Waals surface area contributed by atoms with Crippen LogP contribution in [-0.2, 0) is 14.6 Å². The fourth-order valence-corrected chi connectivity index (χ4v) is 4.65. The number of nitrogens with one attached hydrogen (secondary N) is 1. The molecule has 0 spiro atoms. The van der Waals surface area contributed by atoms with Crippen molar-refractivity contribution in [1.29, 1.82) is 0 Å². The average molecular weight is 491 g/mol. The van der Waals surface area contributed by atoms with Crippen LogP contribution in [0.1, 0.15) is 38.4 Å². The lowest BCUT2D eigenvalue weighted by Crippen LogP contribution is -2.40. The Morgan fingerprint density at radius 2 is 1.94 bits per heavy atom. The van der Waals surface area contributed by atoms with E-state index in [1.165, 1.54) is 18.5 Å². The number of anilines is 2. The molecule has 34 heavy (non-hydrogen) atoms. The second kappa shape index (κ2) is 9.16. The van der Waals surface area contributed by atoms with Crippen molar-refractivity contribution >= 4 is 38.5 Å². The summed E-state index contributed by atoms with van der Waals surface area (Å²) in [4.78, 5) is 22.5. The zero-order chi connectivity index (χ0) is 24.6. The Kier molecular flexibility index (Phi) is 6.43. The van der Waals surface area contributed by atoms with Crippen molar-refractivity contribution in [2.75, 3.05) is 24.7 Å². The molecule has 1 saturated heterocycles. The number of carbonyl (C=O) groups is 1. The predicted octanol–water partition coefficient (Wildman–Crippen LogP) is 3.60. The van der Waals surface area contributed by atoms with E-state index in [-0.39, 0.29) is 28.8 Å². The standard InChI is InChI=1S/C22H27FN6O4S/c1-13(2)33-22(30)28-9-7-15(8-10-28)29-21-19(14(3)27-29)20(24-12-25-21)26-18-6-5-16(11-17(18)23)34(4,31)32/h5-6,11-13,15H,7-10H2,1-4H3,(H,24,25,26). The lowest BCUT2D eigenvalue weighted by atomic mass is 10.1. The normalized spacial score (nSPS) is 15.2. The SMILES string of the molecule is Cc1nn(C2CCN(C(=O)OC(C)C)CC2)c2ncnc(Nc3ccc(S(C)(=O)=O)cc3F)c12. The van der Waals surface area contributed by atoms with E-state index >= 15 is 0 Å². The first-order valence-electron chi connectivity index (χ1n) is 11.0. The van der Waals surface area contributed by atoms with Gasteiger partial charge in [-0.2, -0.15) is 5.10 Å². The highest BCUT2D eigenvalue weighted by Gasteiger charge is 2.28. The first kappa shape index (κ1) is 23.9. The van der Waals surface area contributed by atoms with Gasteiger partial charge in [-0.25, -0.2) is 32.3 Å². The van der Waals surface area contributed by atoms with Gasteiger partial charge in [-0.05, 0) is 51.8 Å². The second-order valence-corrected chi connectivity index (χ2v) is 10.7. The molecular weight excluding hydrogens is 463 g/mol. The number of benzene rings is 1. The van der Waals surface area contributed by atoms with E-state index in [4.69, 9.17) is 4.74 Å². The second-order valence-electron chi connectivity index (χ2n) is 8.64. The maximum absolute atomic E-state index is 14.6. The molecule has 182 valence electrons. The fraction of sp³-hybridized carbons (Fsp3) is 0.455. The first-order chi connectivity index (χ1) is 16.0. The van der Waals surface area contributed by atoms with Gasteiger partial charge < -0.3 is 15.0 Å². The molecule has 1 amide bonds. The van der Waals surface area contributed by atoms with Crippen LogP contribution >= 0.6 is 0 Å². The van der Waals surface area contributed by atoms with Gasteiger partial charge in [0.25, 0.3) is 0 Å². The average Bonchev–Trinajstić information content (AvgIpc) is 3.11. The third-order valence-electron chi connectivity index (χ3n) is 5.69. The Labute approximate surface area is 197 Å². The number of carbonyl (C=O) groups excluding carboxylic acids is 1. The van der Waals surface area contributed by atoms with Crippen LogP contribution in [0.15, 0.2) is 29.4 Å². The molecule has 0 atom stereocenters. The minimum Gasteiger partial charge on any atom is -0.447 e. The van der Waals surface area contributed by atoms with Gasteiger partial charge in [-0.15, -0.1) is 0 Å². The number of nitrogens with zero attached hydrogens (tertiary/aromatic N) is 5. The van der Waals surface area contributed by atoms with Crippen LogP contribution in [0.25, 0.3) is 11.0 Å². The van der Waals surface area contributed by atoms with Gasteiger partial charge in [-0.3, -0.25) is 0 Å². The number of hydrogen-bond donors (Lipinski definition) is 1. The fourth-order valence-electron chi connectivity index (χ4n) is 4.02. The van der Waals surface area contributed by atoms with Crippen LogP contribution in [0.5, 0.6) is 0 Å². The molecular formula is C22H27FN6O4S. The van der Waals surface area contributed by atoms with Crippen LogP contribution in [0.3, 0.4) is 0 Å². The lowest BCUT2D eigenvalue weighted by molar-refractivity contribution is 0.0655. The number of halogens is 1. The van der Waals surface area contributed by atoms with Gasteiger partial charge in [-0.1, -0.05) is 0 Å². The molecule has 3 heterocycles. The van der Waals surface area contributed by atoms with Crippen molar-refractivity contribution in [3.8, 4) is 0 Å². The van der Waals surface area contributed by atoms with Crippen LogP contribution < -0.4 is 5.32 Å². The Bertz CT molecular complexity index is 1330. The zero-order valence-electron chi connectivity index (χ0n) is 19.4. The molecule has 1 aromatic carbocycles. The summed E-state index contributed by atoms with van der Waals surface area (Å²) >= 11 is 0. The smallest absolute Gasteiger partial charge is 0.410 e. The number of rotatable bonds is 5. The summed E-state index contributed by atoms with van der Waals surface area (Å²) in [6.45, 7) is 6.56. The summed E-state index contributed by atoms with van der Waals surface area (Å²) in [5.74, 6) is -0.335. The summed E-state index contributed by atoms with van der Waals surface area (Å²) in [6.07, 6.45) is 3.30. The molecule has 12 heteroatoms.